The number of amides is 1. The molecule has 9 nitrogen and oxygen atoms in total. The van der Waals surface area contributed by atoms with Crippen LogP contribution in [0.5, 0.6) is 11.5 Å². The molecule has 1 N–H and O–H groups in total. The maximum atomic E-state index is 12.8. The lowest BCUT2D eigenvalue weighted by atomic mass is 10.2. The zero-order valence-electron chi connectivity index (χ0n) is 18.7. The van der Waals surface area contributed by atoms with Gasteiger partial charge in [0.25, 0.3) is 5.56 Å². The minimum atomic E-state index is -0.199. The molecular weight excluding hydrogens is 474 g/mol. The van der Waals surface area contributed by atoms with Gasteiger partial charge in [-0.2, -0.15) is 0 Å². The molecule has 0 aliphatic rings. The molecule has 2 aromatic carbocycles. The van der Waals surface area contributed by atoms with Crippen LogP contribution in [0.3, 0.4) is 0 Å². The molecule has 0 unspecified atom stereocenters. The number of methoxy groups -OCH3 is 2. The van der Waals surface area contributed by atoms with E-state index in [0.29, 0.717) is 40.5 Å². The van der Waals surface area contributed by atoms with Crippen molar-refractivity contribution in [3.05, 3.63) is 64.7 Å². The fraction of sp³-hybridized carbons (Fsp3) is 0.261. The minimum absolute atomic E-state index is 0.177. The number of thioether (sulfide) groups is 1. The van der Waals surface area contributed by atoms with Gasteiger partial charge in [-0.1, -0.05) is 53.4 Å². The van der Waals surface area contributed by atoms with Crippen molar-refractivity contribution in [2.75, 3.05) is 19.5 Å². The molecule has 0 aliphatic carbocycles. The van der Waals surface area contributed by atoms with Crippen molar-refractivity contribution in [3.63, 3.8) is 0 Å². The lowest BCUT2D eigenvalue weighted by molar-refractivity contribution is -0.116. The van der Waals surface area contributed by atoms with Gasteiger partial charge in [-0.05, 0) is 18.1 Å². The van der Waals surface area contributed by atoms with Crippen molar-refractivity contribution in [2.24, 2.45) is 0 Å². The molecule has 4 rings (SSSR count). The standard InChI is InChI=1S/C23H23N5O4S2/c1-31-18-11-16-17(12-19(18)32-2)24-14-28(21(16)30)10-6-9-20(29)25-22-26-27-23(34-22)33-13-15-7-4-3-5-8-15/h3-5,7-8,11-12,14H,6,9-10,13H2,1-2H3,(H,25,26,29). The van der Waals surface area contributed by atoms with Crippen LogP contribution in [-0.2, 0) is 17.1 Å². The first-order valence-electron chi connectivity index (χ1n) is 10.5. The highest BCUT2D eigenvalue weighted by molar-refractivity contribution is 8.00. The molecule has 1 amide bonds. The van der Waals surface area contributed by atoms with E-state index in [4.69, 9.17) is 9.47 Å². The van der Waals surface area contributed by atoms with Gasteiger partial charge in [-0.15, -0.1) is 10.2 Å². The van der Waals surface area contributed by atoms with Crippen molar-refractivity contribution in [2.45, 2.75) is 29.5 Å². The van der Waals surface area contributed by atoms with Crippen LogP contribution in [0.15, 0.2) is 57.9 Å². The molecule has 0 saturated carbocycles. The normalized spacial score (nSPS) is 10.9. The van der Waals surface area contributed by atoms with Gasteiger partial charge in [-0.3, -0.25) is 14.2 Å². The van der Waals surface area contributed by atoms with Gasteiger partial charge in [0, 0.05) is 24.8 Å². The number of carbonyl (C=O) groups excluding carboxylic acids is 1. The molecule has 0 saturated heterocycles. The zero-order valence-corrected chi connectivity index (χ0v) is 20.3. The highest BCUT2D eigenvalue weighted by atomic mass is 32.2. The molecule has 0 bridgehead atoms. The summed E-state index contributed by atoms with van der Waals surface area (Å²) >= 11 is 2.92. The number of nitrogens with one attached hydrogen (secondary N) is 1. The van der Waals surface area contributed by atoms with Gasteiger partial charge in [-0.25, -0.2) is 4.98 Å². The van der Waals surface area contributed by atoms with Crippen molar-refractivity contribution in [1.29, 1.82) is 0 Å². The lowest BCUT2D eigenvalue weighted by Gasteiger charge is -2.10. The van der Waals surface area contributed by atoms with Crippen LogP contribution in [0.1, 0.15) is 18.4 Å². The molecule has 0 spiro atoms. The molecular formula is C23H23N5O4S2. The predicted molar refractivity (Wildman–Crippen MR) is 133 cm³/mol. The summed E-state index contributed by atoms with van der Waals surface area (Å²) in [6.45, 7) is 0.359. The highest BCUT2D eigenvalue weighted by Crippen LogP contribution is 2.30. The number of hydrogen-bond donors (Lipinski definition) is 1. The average molecular weight is 498 g/mol. The number of carbonyl (C=O) groups is 1. The molecule has 0 aliphatic heterocycles. The fourth-order valence-corrected chi connectivity index (χ4v) is 5.00. The number of benzene rings is 2. The van der Waals surface area contributed by atoms with E-state index in [2.05, 4.69) is 32.6 Å². The second kappa shape index (κ2) is 11.1. The second-order valence-corrected chi connectivity index (χ2v) is 9.47. The second-order valence-electron chi connectivity index (χ2n) is 7.27. The molecule has 0 radical (unpaired) electrons. The maximum absolute atomic E-state index is 12.8. The van der Waals surface area contributed by atoms with Crippen LogP contribution < -0.4 is 20.3 Å². The quantitative estimate of drug-likeness (QED) is 0.259. The third-order valence-electron chi connectivity index (χ3n) is 4.99. The van der Waals surface area contributed by atoms with E-state index in [1.807, 2.05) is 18.2 Å². The number of anilines is 1. The Balaban J connectivity index is 1.30. The number of rotatable bonds is 10. The molecule has 2 aromatic heterocycles. The van der Waals surface area contributed by atoms with E-state index in [1.54, 1.807) is 23.9 Å². The number of ether oxygens (including phenoxy) is 2. The monoisotopic (exact) mass is 497 g/mol. The van der Waals surface area contributed by atoms with Gasteiger partial charge in [0.2, 0.25) is 11.0 Å². The molecule has 176 valence electrons. The van der Waals surface area contributed by atoms with E-state index in [0.717, 1.165) is 10.1 Å². The molecule has 0 atom stereocenters. The van der Waals surface area contributed by atoms with Gasteiger partial charge in [0.1, 0.15) is 0 Å². The van der Waals surface area contributed by atoms with Gasteiger partial charge >= 0.3 is 0 Å². The number of aryl methyl sites for hydroxylation is 1. The highest BCUT2D eigenvalue weighted by Gasteiger charge is 2.12. The SMILES string of the molecule is COc1cc2ncn(CCCC(=O)Nc3nnc(SCc4ccccc4)s3)c(=O)c2cc1OC. The summed E-state index contributed by atoms with van der Waals surface area (Å²) in [5.74, 6) is 1.58. The summed E-state index contributed by atoms with van der Waals surface area (Å²) in [7, 11) is 3.04. The molecule has 0 fully saturated rings. The Hall–Kier alpha value is -3.44. The van der Waals surface area contributed by atoms with Gasteiger partial charge in [0.15, 0.2) is 15.8 Å². The minimum Gasteiger partial charge on any atom is -0.493 e. The first kappa shape index (κ1) is 23.7. The van der Waals surface area contributed by atoms with Crippen LogP contribution in [-0.4, -0.2) is 39.9 Å². The van der Waals surface area contributed by atoms with Crippen LogP contribution in [0.4, 0.5) is 5.13 Å². The maximum Gasteiger partial charge on any atom is 0.261 e. The lowest BCUT2D eigenvalue weighted by Crippen LogP contribution is -2.22. The fourth-order valence-electron chi connectivity index (χ4n) is 3.27. The van der Waals surface area contributed by atoms with Crippen LogP contribution >= 0.6 is 23.1 Å². The summed E-state index contributed by atoms with van der Waals surface area (Å²) in [5, 5.41) is 11.8. The van der Waals surface area contributed by atoms with E-state index in [9.17, 15) is 9.59 Å². The average Bonchev–Trinajstić information content (AvgIpc) is 3.31. The van der Waals surface area contributed by atoms with Gasteiger partial charge in [0.05, 0.1) is 31.4 Å². The third kappa shape index (κ3) is 5.72. The van der Waals surface area contributed by atoms with E-state index < -0.39 is 0 Å². The van der Waals surface area contributed by atoms with Crippen LogP contribution in [0, 0.1) is 0 Å². The molecule has 4 aromatic rings. The molecule has 34 heavy (non-hydrogen) atoms. The topological polar surface area (TPSA) is 108 Å². The summed E-state index contributed by atoms with van der Waals surface area (Å²) in [6.07, 6.45) is 2.19. The Morgan fingerprint density at radius 1 is 1.12 bits per heavy atom. The Bertz CT molecular complexity index is 1340. The van der Waals surface area contributed by atoms with Crippen LogP contribution in [0.25, 0.3) is 10.9 Å². The largest absolute Gasteiger partial charge is 0.493 e. The smallest absolute Gasteiger partial charge is 0.261 e. The number of nitrogens with zero attached hydrogens (tertiary/aromatic N) is 4. The Morgan fingerprint density at radius 2 is 1.88 bits per heavy atom. The Morgan fingerprint density at radius 3 is 2.65 bits per heavy atom. The molecule has 11 heteroatoms. The van der Waals surface area contributed by atoms with E-state index in [1.165, 1.54) is 42.0 Å². The number of fused-ring (bicyclic) bond motifs is 1. The molecule has 2 heterocycles. The summed E-state index contributed by atoms with van der Waals surface area (Å²) in [4.78, 5) is 29.5. The number of hydrogen-bond acceptors (Lipinski definition) is 9. The summed E-state index contributed by atoms with van der Waals surface area (Å²) in [6, 6.07) is 13.4. The summed E-state index contributed by atoms with van der Waals surface area (Å²) < 4.78 is 12.8. The Kier molecular flexibility index (Phi) is 7.76. The van der Waals surface area contributed by atoms with Crippen molar-refractivity contribution in [3.8, 4) is 11.5 Å². The Labute approximate surface area is 204 Å². The first-order chi connectivity index (χ1) is 16.6. The first-order valence-corrected chi connectivity index (χ1v) is 12.3. The van der Waals surface area contributed by atoms with E-state index >= 15 is 0 Å². The van der Waals surface area contributed by atoms with Crippen molar-refractivity contribution >= 4 is 45.0 Å². The van der Waals surface area contributed by atoms with Crippen molar-refractivity contribution < 1.29 is 14.3 Å². The third-order valence-corrected chi connectivity index (χ3v) is 7.03. The summed E-state index contributed by atoms with van der Waals surface area (Å²) in [5.41, 5.74) is 1.52. The zero-order chi connectivity index (χ0) is 23.9. The predicted octanol–water partition coefficient (Wildman–Crippen LogP) is 3.98. The number of aromatic nitrogens is 4. The van der Waals surface area contributed by atoms with E-state index in [-0.39, 0.29) is 17.9 Å². The van der Waals surface area contributed by atoms with Crippen LogP contribution in [0.2, 0.25) is 0 Å². The van der Waals surface area contributed by atoms with Gasteiger partial charge < -0.3 is 14.8 Å². The van der Waals surface area contributed by atoms with Crippen molar-refractivity contribution in [1.82, 2.24) is 19.7 Å².